The molecule has 0 amide bonds. The van der Waals surface area contributed by atoms with Crippen LogP contribution >= 0.6 is 31.9 Å². The van der Waals surface area contributed by atoms with Gasteiger partial charge in [0.15, 0.2) is 5.78 Å². The molecule has 2 rings (SSSR count). The molecule has 98 valence electrons. The summed E-state index contributed by atoms with van der Waals surface area (Å²) in [5.74, 6) is -0.437. The maximum absolute atomic E-state index is 13.6. The van der Waals surface area contributed by atoms with Gasteiger partial charge in [-0.15, -0.1) is 0 Å². The number of halogens is 3. The minimum Gasteiger partial charge on any atom is -0.294 e. The average Bonchev–Trinajstić information content (AvgIpc) is 2.33. The molecular formula is C15H11Br2FO. The van der Waals surface area contributed by atoms with Crippen LogP contribution in [0, 0.1) is 12.7 Å². The molecule has 0 heterocycles. The van der Waals surface area contributed by atoms with E-state index in [9.17, 15) is 9.18 Å². The molecule has 0 N–H and O–H groups in total. The van der Waals surface area contributed by atoms with Crippen molar-refractivity contribution in [3.63, 3.8) is 0 Å². The van der Waals surface area contributed by atoms with Crippen LogP contribution in [0.25, 0.3) is 0 Å². The highest BCUT2D eigenvalue weighted by Crippen LogP contribution is 2.20. The van der Waals surface area contributed by atoms with Crippen molar-refractivity contribution in [2.24, 2.45) is 0 Å². The topological polar surface area (TPSA) is 17.1 Å². The van der Waals surface area contributed by atoms with E-state index in [2.05, 4.69) is 31.9 Å². The maximum atomic E-state index is 13.6. The van der Waals surface area contributed by atoms with Crippen molar-refractivity contribution in [1.82, 2.24) is 0 Å². The lowest BCUT2D eigenvalue weighted by Gasteiger charge is -2.07. The molecule has 2 aromatic rings. The number of carbonyl (C=O) groups excluding carboxylic acids is 1. The highest BCUT2D eigenvalue weighted by molar-refractivity contribution is 9.10. The van der Waals surface area contributed by atoms with E-state index in [1.54, 1.807) is 18.2 Å². The smallest absolute Gasteiger partial charge is 0.167 e. The lowest BCUT2D eigenvalue weighted by atomic mass is 9.99. The second-order valence-corrected chi connectivity index (χ2v) is 6.13. The summed E-state index contributed by atoms with van der Waals surface area (Å²) >= 11 is 6.64. The standard InChI is InChI=1S/C15H11Br2FO/c1-9-6-11(16)2-4-13(9)15(19)8-10-7-12(17)3-5-14(10)18/h2-7H,8H2,1H3. The normalized spacial score (nSPS) is 10.5. The van der Waals surface area contributed by atoms with E-state index in [-0.39, 0.29) is 18.0 Å². The zero-order valence-corrected chi connectivity index (χ0v) is 13.4. The third kappa shape index (κ3) is 3.51. The van der Waals surface area contributed by atoms with E-state index >= 15 is 0 Å². The van der Waals surface area contributed by atoms with Gasteiger partial charge in [-0.25, -0.2) is 4.39 Å². The summed E-state index contributed by atoms with van der Waals surface area (Å²) < 4.78 is 15.3. The molecule has 0 unspecified atom stereocenters. The number of hydrogen-bond donors (Lipinski definition) is 0. The van der Waals surface area contributed by atoms with Gasteiger partial charge >= 0.3 is 0 Å². The van der Waals surface area contributed by atoms with Crippen LogP contribution in [-0.2, 0) is 6.42 Å². The Morgan fingerprint density at radius 3 is 2.42 bits per heavy atom. The summed E-state index contributed by atoms with van der Waals surface area (Å²) in [5.41, 5.74) is 1.92. The maximum Gasteiger partial charge on any atom is 0.167 e. The Bertz CT molecular complexity index is 638. The van der Waals surface area contributed by atoms with Gasteiger partial charge in [0, 0.05) is 20.9 Å². The van der Waals surface area contributed by atoms with Gasteiger partial charge in [-0.2, -0.15) is 0 Å². The van der Waals surface area contributed by atoms with Gasteiger partial charge in [-0.3, -0.25) is 4.79 Å². The van der Waals surface area contributed by atoms with E-state index < -0.39 is 0 Å². The van der Waals surface area contributed by atoms with Crippen LogP contribution < -0.4 is 0 Å². The van der Waals surface area contributed by atoms with Gasteiger partial charge in [-0.1, -0.05) is 37.9 Å². The van der Waals surface area contributed by atoms with Gasteiger partial charge in [-0.05, 0) is 48.4 Å². The predicted molar refractivity (Wildman–Crippen MR) is 81.0 cm³/mol. The first-order chi connectivity index (χ1) is 8.97. The van der Waals surface area contributed by atoms with Crippen LogP contribution in [0.5, 0.6) is 0 Å². The monoisotopic (exact) mass is 384 g/mol. The van der Waals surface area contributed by atoms with Gasteiger partial charge in [0.1, 0.15) is 5.82 Å². The molecule has 0 saturated heterocycles. The molecule has 0 aliphatic carbocycles. The Hall–Kier alpha value is -1.00. The minimum absolute atomic E-state index is 0.0632. The molecule has 0 atom stereocenters. The Balaban J connectivity index is 2.28. The lowest BCUT2D eigenvalue weighted by molar-refractivity contribution is 0.0991. The Kier molecular flexibility index (Phi) is 4.53. The van der Waals surface area contributed by atoms with Gasteiger partial charge in [0.25, 0.3) is 0 Å². The van der Waals surface area contributed by atoms with E-state index in [1.807, 2.05) is 19.1 Å². The quantitative estimate of drug-likeness (QED) is 0.673. The van der Waals surface area contributed by atoms with E-state index in [4.69, 9.17) is 0 Å². The first-order valence-electron chi connectivity index (χ1n) is 5.70. The van der Waals surface area contributed by atoms with E-state index in [0.717, 1.165) is 14.5 Å². The number of benzene rings is 2. The van der Waals surface area contributed by atoms with Crippen molar-refractivity contribution < 1.29 is 9.18 Å². The highest BCUT2D eigenvalue weighted by Gasteiger charge is 2.13. The van der Waals surface area contributed by atoms with Gasteiger partial charge < -0.3 is 0 Å². The first kappa shape index (κ1) is 14.4. The molecule has 0 aromatic heterocycles. The minimum atomic E-state index is -0.355. The summed E-state index contributed by atoms with van der Waals surface area (Å²) in [6.07, 6.45) is 0.0632. The van der Waals surface area contributed by atoms with Crippen LogP contribution in [0.15, 0.2) is 45.3 Å². The van der Waals surface area contributed by atoms with Crippen molar-refractivity contribution >= 4 is 37.6 Å². The number of Topliss-reactive ketones (excluding diaryl/α,β-unsaturated/α-hetero) is 1. The fourth-order valence-electron chi connectivity index (χ4n) is 1.89. The van der Waals surface area contributed by atoms with Crippen LogP contribution in [-0.4, -0.2) is 5.78 Å². The zero-order valence-electron chi connectivity index (χ0n) is 10.2. The average molecular weight is 386 g/mol. The van der Waals surface area contributed by atoms with Crippen molar-refractivity contribution in [3.05, 3.63) is 67.9 Å². The van der Waals surface area contributed by atoms with E-state index in [0.29, 0.717) is 11.1 Å². The third-order valence-electron chi connectivity index (χ3n) is 2.85. The molecule has 4 heteroatoms. The Morgan fingerprint density at radius 1 is 1.11 bits per heavy atom. The SMILES string of the molecule is Cc1cc(Br)ccc1C(=O)Cc1cc(Br)ccc1F. The fourth-order valence-corrected chi connectivity index (χ4v) is 2.77. The summed E-state index contributed by atoms with van der Waals surface area (Å²) in [6.45, 7) is 1.87. The van der Waals surface area contributed by atoms with Crippen molar-refractivity contribution in [2.45, 2.75) is 13.3 Å². The Morgan fingerprint density at radius 2 is 1.74 bits per heavy atom. The first-order valence-corrected chi connectivity index (χ1v) is 7.29. The lowest BCUT2D eigenvalue weighted by Crippen LogP contribution is -2.07. The molecule has 0 spiro atoms. The van der Waals surface area contributed by atoms with Crippen LogP contribution in [0.1, 0.15) is 21.5 Å². The Labute approximate surface area is 128 Å². The number of aryl methyl sites for hydroxylation is 1. The summed E-state index contributed by atoms with van der Waals surface area (Å²) in [4.78, 5) is 12.2. The number of hydrogen-bond acceptors (Lipinski definition) is 1. The van der Waals surface area contributed by atoms with Crippen LogP contribution in [0.2, 0.25) is 0 Å². The highest BCUT2D eigenvalue weighted by atomic mass is 79.9. The molecule has 0 bridgehead atoms. The van der Waals surface area contributed by atoms with Gasteiger partial charge in [0.2, 0.25) is 0 Å². The molecule has 0 radical (unpaired) electrons. The molecule has 0 fully saturated rings. The number of carbonyl (C=O) groups is 1. The van der Waals surface area contributed by atoms with Crippen LogP contribution in [0.4, 0.5) is 4.39 Å². The predicted octanol–water partition coefficient (Wildman–Crippen LogP) is 5.08. The number of ketones is 1. The molecule has 0 saturated carbocycles. The van der Waals surface area contributed by atoms with Crippen molar-refractivity contribution in [3.8, 4) is 0 Å². The molecule has 0 aliphatic heterocycles. The van der Waals surface area contributed by atoms with E-state index in [1.165, 1.54) is 6.07 Å². The summed E-state index contributed by atoms with van der Waals surface area (Å²) in [5, 5.41) is 0. The van der Waals surface area contributed by atoms with Crippen LogP contribution in [0.3, 0.4) is 0 Å². The fraction of sp³-hybridized carbons (Fsp3) is 0.133. The van der Waals surface area contributed by atoms with Crippen molar-refractivity contribution in [1.29, 1.82) is 0 Å². The van der Waals surface area contributed by atoms with Gasteiger partial charge in [0.05, 0.1) is 0 Å². The molecule has 19 heavy (non-hydrogen) atoms. The molecule has 1 nitrogen and oxygen atoms in total. The summed E-state index contributed by atoms with van der Waals surface area (Å²) in [7, 11) is 0. The third-order valence-corrected chi connectivity index (χ3v) is 3.83. The zero-order chi connectivity index (χ0) is 14.0. The number of rotatable bonds is 3. The molecular weight excluding hydrogens is 375 g/mol. The molecule has 2 aromatic carbocycles. The molecule has 0 aliphatic rings. The summed E-state index contributed by atoms with van der Waals surface area (Å²) in [6, 6.07) is 10.1. The second-order valence-electron chi connectivity index (χ2n) is 4.29. The van der Waals surface area contributed by atoms with Crippen molar-refractivity contribution in [2.75, 3.05) is 0 Å². The second kappa shape index (κ2) is 5.97. The largest absolute Gasteiger partial charge is 0.294 e.